The highest BCUT2D eigenvalue weighted by molar-refractivity contribution is 5.90. The monoisotopic (exact) mass is 171 g/mol. The number of hydrogen-bond acceptors (Lipinski definition) is 4. The minimum absolute atomic E-state index is 0.0355. The van der Waals surface area contributed by atoms with Crippen molar-refractivity contribution in [1.29, 1.82) is 0 Å². The van der Waals surface area contributed by atoms with E-state index in [0.29, 0.717) is 0 Å². The molecule has 0 heterocycles. The molecule has 0 spiro atoms. The van der Waals surface area contributed by atoms with Gasteiger partial charge in [-0.2, -0.15) is 0 Å². The Morgan fingerprint density at radius 3 is 2.50 bits per heavy atom. The summed E-state index contributed by atoms with van der Waals surface area (Å²) in [6.07, 6.45) is 1.06. The number of ether oxygens (including phenoxy) is 1. The first-order valence-electron chi connectivity index (χ1n) is 3.09. The number of methoxy groups -OCH3 is 1. The average molecular weight is 171 g/mol. The topological polar surface area (TPSA) is 69.4 Å². The lowest BCUT2D eigenvalue weighted by atomic mass is 10.2. The Bertz CT molecular complexity index is 254. The van der Waals surface area contributed by atoms with Gasteiger partial charge in [0.2, 0.25) is 5.70 Å². The molecule has 0 aliphatic carbocycles. The van der Waals surface area contributed by atoms with Crippen molar-refractivity contribution < 1.29 is 14.5 Å². The van der Waals surface area contributed by atoms with E-state index in [-0.39, 0.29) is 11.3 Å². The van der Waals surface area contributed by atoms with Crippen molar-refractivity contribution in [2.75, 3.05) is 7.11 Å². The Labute approximate surface area is 69.5 Å². The molecule has 0 aromatic rings. The molecule has 0 radical (unpaired) electrons. The SMILES string of the molecule is C=C(/C=C(\C)[N+](=O)[O-])C(=O)OC. The molecule has 12 heavy (non-hydrogen) atoms. The second-order valence-corrected chi connectivity index (χ2v) is 2.06. The highest BCUT2D eigenvalue weighted by Gasteiger charge is 2.08. The van der Waals surface area contributed by atoms with E-state index in [4.69, 9.17) is 0 Å². The smallest absolute Gasteiger partial charge is 0.337 e. The molecule has 5 nitrogen and oxygen atoms in total. The van der Waals surface area contributed by atoms with Crippen LogP contribution in [0.4, 0.5) is 0 Å². The lowest BCUT2D eigenvalue weighted by Gasteiger charge is -1.95. The lowest BCUT2D eigenvalue weighted by Crippen LogP contribution is -2.03. The summed E-state index contributed by atoms with van der Waals surface area (Å²) >= 11 is 0. The lowest BCUT2D eigenvalue weighted by molar-refractivity contribution is -0.424. The molecule has 0 saturated carbocycles. The largest absolute Gasteiger partial charge is 0.465 e. The average Bonchev–Trinajstić information content (AvgIpc) is 2.02. The Morgan fingerprint density at radius 2 is 2.17 bits per heavy atom. The number of allylic oxidation sites excluding steroid dienone is 1. The predicted octanol–water partition coefficient (Wildman–Crippen LogP) is 0.896. The number of carbonyl (C=O) groups is 1. The third-order valence-corrected chi connectivity index (χ3v) is 1.12. The number of carbonyl (C=O) groups excluding carboxylic acids is 1. The fourth-order valence-electron chi connectivity index (χ4n) is 0.495. The molecule has 0 aliphatic heterocycles. The highest BCUT2D eigenvalue weighted by Crippen LogP contribution is 2.01. The van der Waals surface area contributed by atoms with Gasteiger partial charge >= 0.3 is 5.97 Å². The fourth-order valence-corrected chi connectivity index (χ4v) is 0.495. The Balaban J connectivity index is 4.44. The quantitative estimate of drug-likeness (QED) is 0.208. The number of rotatable bonds is 3. The van der Waals surface area contributed by atoms with Gasteiger partial charge in [0.15, 0.2) is 0 Å². The van der Waals surface area contributed by atoms with Crippen molar-refractivity contribution in [2.45, 2.75) is 6.92 Å². The van der Waals surface area contributed by atoms with Gasteiger partial charge in [-0.25, -0.2) is 4.79 Å². The van der Waals surface area contributed by atoms with Gasteiger partial charge in [-0.15, -0.1) is 0 Å². The standard InChI is InChI=1S/C7H9NO4/c1-5(7(9)12-3)4-6(2)8(10)11/h4H,1H2,2-3H3/b6-4+. The van der Waals surface area contributed by atoms with Gasteiger partial charge in [0.1, 0.15) is 0 Å². The molecule has 0 fully saturated rings. The zero-order chi connectivity index (χ0) is 9.72. The summed E-state index contributed by atoms with van der Waals surface area (Å²) in [7, 11) is 1.18. The van der Waals surface area contributed by atoms with Gasteiger partial charge < -0.3 is 4.74 Å². The van der Waals surface area contributed by atoms with E-state index >= 15 is 0 Å². The molecular formula is C7H9NO4. The van der Waals surface area contributed by atoms with E-state index in [1.807, 2.05) is 0 Å². The summed E-state index contributed by atoms with van der Waals surface area (Å²) in [5.74, 6) is -0.670. The van der Waals surface area contributed by atoms with E-state index in [0.717, 1.165) is 6.08 Å². The van der Waals surface area contributed by atoms with E-state index in [1.165, 1.54) is 14.0 Å². The van der Waals surface area contributed by atoms with Gasteiger partial charge in [0, 0.05) is 13.0 Å². The van der Waals surface area contributed by atoms with Crippen LogP contribution in [0.3, 0.4) is 0 Å². The Hall–Kier alpha value is -1.65. The molecule has 0 bridgehead atoms. The molecule has 0 atom stereocenters. The van der Waals surface area contributed by atoms with E-state index < -0.39 is 10.9 Å². The Kier molecular flexibility index (Phi) is 3.69. The van der Waals surface area contributed by atoms with E-state index in [1.54, 1.807) is 0 Å². The first-order chi connectivity index (χ1) is 5.49. The second-order valence-electron chi connectivity index (χ2n) is 2.06. The molecule has 0 aliphatic rings. The van der Waals surface area contributed by atoms with Crippen molar-refractivity contribution in [2.24, 2.45) is 0 Å². The molecule has 66 valence electrons. The molecule has 0 saturated heterocycles. The zero-order valence-electron chi connectivity index (χ0n) is 6.86. The van der Waals surface area contributed by atoms with Gasteiger partial charge in [-0.3, -0.25) is 10.1 Å². The van der Waals surface area contributed by atoms with Crippen molar-refractivity contribution in [1.82, 2.24) is 0 Å². The Morgan fingerprint density at radius 1 is 1.67 bits per heavy atom. The third kappa shape index (κ3) is 2.96. The molecule has 0 rings (SSSR count). The van der Waals surface area contributed by atoms with Crippen LogP contribution in [0.2, 0.25) is 0 Å². The molecule has 5 heteroatoms. The van der Waals surface area contributed by atoms with E-state index in [2.05, 4.69) is 11.3 Å². The van der Waals surface area contributed by atoms with Crippen molar-refractivity contribution in [3.05, 3.63) is 34.0 Å². The molecule has 0 amide bonds. The van der Waals surface area contributed by atoms with Crippen LogP contribution >= 0.6 is 0 Å². The minimum atomic E-state index is -0.670. The van der Waals surface area contributed by atoms with E-state index in [9.17, 15) is 14.9 Å². The maximum Gasteiger partial charge on any atom is 0.337 e. The van der Waals surface area contributed by atoms with Crippen LogP contribution in [-0.2, 0) is 9.53 Å². The van der Waals surface area contributed by atoms with Gasteiger partial charge in [-0.1, -0.05) is 6.58 Å². The van der Waals surface area contributed by atoms with Gasteiger partial charge in [-0.05, 0) is 0 Å². The first kappa shape index (κ1) is 10.3. The summed E-state index contributed by atoms with van der Waals surface area (Å²) in [4.78, 5) is 20.2. The fraction of sp³-hybridized carbons (Fsp3) is 0.286. The van der Waals surface area contributed by atoms with Gasteiger partial charge in [0.05, 0.1) is 17.6 Å². The van der Waals surface area contributed by atoms with Crippen molar-refractivity contribution >= 4 is 5.97 Å². The van der Waals surface area contributed by atoms with Crippen LogP contribution in [-0.4, -0.2) is 18.0 Å². The molecule has 0 unspecified atom stereocenters. The minimum Gasteiger partial charge on any atom is -0.465 e. The number of esters is 1. The highest BCUT2D eigenvalue weighted by atomic mass is 16.6. The molecule has 0 N–H and O–H groups in total. The van der Waals surface area contributed by atoms with Crippen LogP contribution in [0.1, 0.15) is 6.92 Å². The van der Waals surface area contributed by atoms with Crippen LogP contribution in [0.15, 0.2) is 23.9 Å². The normalized spacial score (nSPS) is 10.7. The summed E-state index contributed by atoms with van der Waals surface area (Å²) in [6, 6.07) is 0. The number of hydrogen-bond donors (Lipinski definition) is 0. The maximum atomic E-state index is 10.7. The van der Waals surface area contributed by atoms with Crippen LogP contribution < -0.4 is 0 Å². The summed E-state index contributed by atoms with van der Waals surface area (Å²) in [5, 5.41) is 10.1. The number of nitro groups is 1. The van der Waals surface area contributed by atoms with Crippen molar-refractivity contribution in [3.8, 4) is 0 Å². The van der Waals surface area contributed by atoms with Crippen molar-refractivity contribution in [3.63, 3.8) is 0 Å². The van der Waals surface area contributed by atoms with Crippen LogP contribution in [0.25, 0.3) is 0 Å². The molecule has 0 aromatic carbocycles. The zero-order valence-corrected chi connectivity index (χ0v) is 6.86. The van der Waals surface area contributed by atoms with Crippen LogP contribution in [0.5, 0.6) is 0 Å². The second kappa shape index (κ2) is 4.27. The third-order valence-electron chi connectivity index (χ3n) is 1.12. The molecule has 0 aromatic heterocycles. The number of nitrogens with zero attached hydrogens (tertiary/aromatic N) is 1. The van der Waals surface area contributed by atoms with Gasteiger partial charge in [0.25, 0.3) is 0 Å². The summed E-state index contributed by atoms with van der Waals surface area (Å²) in [6.45, 7) is 4.56. The molecular weight excluding hydrogens is 162 g/mol. The predicted molar refractivity (Wildman–Crippen MR) is 41.9 cm³/mol. The summed E-state index contributed by atoms with van der Waals surface area (Å²) < 4.78 is 4.29. The first-order valence-corrected chi connectivity index (χ1v) is 3.09. The summed E-state index contributed by atoms with van der Waals surface area (Å²) in [5.41, 5.74) is -0.183. The van der Waals surface area contributed by atoms with Crippen LogP contribution in [0, 0.1) is 10.1 Å². The maximum absolute atomic E-state index is 10.7.